The number of allylic oxidation sites excluding steroid dienone is 1. The van der Waals surface area contributed by atoms with Gasteiger partial charge in [-0.05, 0) is 31.1 Å². The maximum atomic E-state index is 12.6. The van der Waals surface area contributed by atoms with E-state index in [1.165, 1.54) is 7.11 Å². The Labute approximate surface area is 162 Å². The van der Waals surface area contributed by atoms with Crippen molar-refractivity contribution in [3.63, 3.8) is 0 Å². The number of pyridine rings is 1. The quantitative estimate of drug-likeness (QED) is 0.533. The van der Waals surface area contributed by atoms with Gasteiger partial charge in [0, 0.05) is 31.2 Å². The number of rotatable bonds is 6. The number of anilines is 1. The van der Waals surface area contributed by atoms with Crippen LogP contribution >= 0.6 is 0 Å². The number of hydrogen-bond donors (Lipinski definition) is 2. The second-order valence-corrected chi connectivity index (χ2v) is 6.56. The minimum atomic E-state index is -0.356. The molecule has 4 heterocycles. The summed E-state index contributed by atoms with van der Waals surface area (Å²) < 4.78 is 5.76. The van der Waals surface area contributed by atoms with Crippen LogP contribution in [-0.4, -0.2) is 60.5 Å². The third-order valence-electron chi connectivity index (χ3n) is 4.82. The Morgan fingerprint density at radius 1 is 1.46 bits per heavy atom. The number of hydrogen-bond acceptors (Lipinski definition) is 8. The monoisotopic (exact) mass is 386 g/mol. The van der Waals surface area contributed by atoms with Crippen molar-refractivity contribution in [2.75, 3.05) is 31.8 Å². The SMILES string of the molecule is CON(C=O)NC1C=C(N2COc3cc(C(=O)N4CCCC4)cnc32)C=CN1. The zero-order valence-corrected chi connectivity index (χ0v) is 15.5. The van der Waals surface area contributed by atoms with Crippen LogP contribution in [0.1, 0.15) is 23.2 Å². The van der Waals surface area contributed by atoms with Gasteiger partial charge in [0.05, 0.1) is 12.7 Å². The first kappa shape index (κ1) is 18.3. The Morgan fingerprint density at radius 2 is 2.29 bits per heavy atom. The number of likely N-dealkylation sites (tertiary alicyclic amines) is 1. The highest BCUT2D eigenvalue weighted by atomic mass is 16.7. The lowest BCUT2D eigenvalue weighted by Crippen LogP contribution is -2.49. The van der Waals surface area contributed by atoms with E-state index in [0.29, 0.717) is 23.5 Å². The number of hydroxylamine groups is 1. The molecular weight excluding hydrogens is 364 g/mol. The number of fused-ring (bicyclic) bond motifs is 1. The minimum Gasteiger partial charge on any atom is -0.469 e. The molecule has 1 aromatic heterocycles. The summed E-state index contributed by atoms with van der Waals surface area (Å²) in [5.41, 5.74) is 4.23. The maximum absolute atomic E-state index is 12.6. The van der Waals surface area contributed by atoms with Crippen LogP contribution in [-0.2, 0) is 9.63 Å². The van der Waals surface area contributed by atoms with Crippen molar-refractivity contribution in [3.05, 3.63) is 41.9 Å². The van der Waals surface area contributed by atoms with Gasteiger partial charge in [-0.15, -0.1) is 5.17 Å². The summed E-state index contributed by atoms with van der Waals surface area (Å²) in [5, 5.41) is 4.03. The van der Waals surface area contributed by atoms with Crippen LogP contribution in [0.25, 0.3) is 0 Å². The van der Waals surface area contributed by atoms with E-state index in [4.69, 9.17) is 9.57 Å². The number of aromatic nitrogens is 1. The van der Waals surface area contributed by atoms with Gasteiger partial charge in [-0.1, -0.05) is 0 Å². The van der Waals surface area contributed by atoms with Crippen LogP contribution in [0, 0.1) is 0 Å². The highest BCUT2D eigenvalue weighted by Crippen LogP contribution is 2.35. The van der Waals surface area contributed by atoms with E-state index in [1.54, 1.807) is 18.5 Å². The molecule has 3 aliphatic heterocycles. The number of amides is 2. The first-order chi connectivity index (χ1) is 13.7. The molecule has 0 bridgehead atoms. The lowest BCUT2D eigenvalue weighted by Gasteiger charge is -2.27. The lowest BCUT2D eigenvalue weighted by molar-refractivity contribution is -0.181. The molecule has 0 aliphatic carbocycles. The van der Waals surface area contributed by atoms with Gasteiger partial charge in [0.1, 0.15) is 6.17 Å². The highest BCUT2D eigenvalue weighted by Gasteiger charge is 2.28. The molecule has 148 valence electrons. The number of hydrazine groups is 1. The molecule has 0 aromatic carbocycles. The molecule has 4 rings (SSSR count). The summed E-state index contributed by atoms with van der Waals surface area (Å²) in [6, 6.07) is 1.75. The molecule has 1 atom stereocenters. The normalized spacial score (nSPS) is 20.3. The number of nitrogens with zero attached hydrogens (tertiary/aromatic N) is 4. The van der Waals surface area contributed by atoms with Crippen LogP contribution in [0.3, 0.4) is 0 Å². The Balaban J connectivity index is 1.51. The zero-order chi connectivity index (χ0) is 19.5. The summed E-state index contributed by atoms with van der Waals surface area (Å²) in [4.78, 5) is 36.5. The van der Waals surface area contributed by atoms with Gasteiger partial charge in [0.15, 0.2) is 18.3 Å². The topological polar surface area (TPSA) is 99.3 Å². The molecule has 3 aliphatic rings. The molecule has 0 radical (unpaired) electrons. The first-order valence-corrected chi connectivity index (χ1v) is 9.08. The largest absolute Gasteiger partial charge is 0.469 e. The molecule has 0 saturated carbocycles. The summed E-state index contributed by atoms with van der Waals surface area (Å²) in [6.07, 6.45) is 9.37. The molecule has 0 spiro atoms. The molecule has 1 saturated heterocycles. The number of dihydropyridines is 1. The number of ether oxygens (including phenoxy) is 1. The average molecular weight is 386 g/mol. The highest BCUT2D eigenvalue weighted by molar-refractivity contribution is 5.95. The molecule has 10 nitrogen and oxygen atoms in total. The fraction of sp³-hybridized carbons (Fsp3) is 0.389. The third kappa shape index (κ3) is 3.51. The lowest BCUT2D eigenvalue weighted by atomic mass is 10.2. The van der Waals surface area contributed by atoms with E-state index in [-0.39, 0.29) is 18.8 Å². The Hall–Kier alpha value is -3.11. The maximum Gasteiger partial charge on any atom is 0.255 e. The van der Waals surface area contributed by atoms with Gasteiger partial charge in [-0.3, -0.25) is 19.3 Å². The summed E-state index contributed by atoms with van der Waals surface area (Å²) in [7, 11) is 1.39. The van der Waals surface area contributed by atoms with Gasteiger partial charge >= 0.3 is 0 Å². The molecule has 2 N–H and O–H groups in total. The molecule has 10 heteroatoms. The second kappa shape index (κ2) is 7.87. The summed E-state index contributed by atoms with van der Waals surface area (Å²) in [5.74, 6) is 1.22. The van der Waals surface area contributed by atoms with Gasteiger partial charge in [0.2, 0.25) is 6.41 Å². The molecule has 1 unspecified atom stereocenters. The smallest absolute Gasteiger partial charge is 0.255 e. The van der Waals surface area contributed by atoms with E-state index >= 15 is 0 Å². The molecular formula is C18H22N6O4. The Morgan fingerprint density at radius 3 is 3.04 bits per heavy atom. The predicted octanol–water partition coefficient (Wildman–Crippen LogP) is 0.325. The van der Waals surface area contributed by atoms with E-state index in [2.05, 4.69) is 15.7 Å². The fourth-order valence-electron chi connectivity index (χ4n) is 3.39. The minimum absolute atomic E-state index is 0.00592. The Kier molecular flexibility index (Phi) is 5.13. The standard InChI is InChI=1S/C18H22N6O4/c1-27-24(11-25)21-16-9-14(4-5-19-16)23-12-28-15-8-13(10-20-17(15)23)18(26)22-6-2-3-7-22/h4-5,8-11,16,19,21H,2-3,6-7,12H2,1H3. The van der Waals surface area contributed by atoms with E-state index in [9.17, 15) is 9.59 Å². The van der Waals surface area contributed by atoms with Crippen molar-refractivity contribution in [3.8, 4) is 5.75 Å². The van der Waals surface area contributed by atoms with Crippen LogP contribution in [0.5, 0.6) is 5.75 Å². The van der Waals surface area contributed by atoms with Crippen molar-refractivity contribution >= 4 is 18.1 Å². The third-order valence-corrected chi connectivity index (χ3v) is 4.82. The molecule has 1 fully saturated rings. The molecule has 2 amide bonds. The van der Waals surface area contributed by atoms with Crippen molar-refractivity contribution in [2.24, 2.45) is 0 Å². The predicted molar refractivity (Wildman–Crippen MR) is 99.5 cm³/mol. The number of carbonyl (C=O) groups is 2. The van der Waals surface area contributed by atoms with Crippen molar-refractivity contribution in [1.29, 1.82) is 0 Å². The second-order valence-electron chi connectivity index (χ2n) is 6.56. The molecule has 28 heavy (non-hydrogen) atoms. The fourth-order valence-corrected chi connectivity index (χ4v) is 3.39. The van der Waals surface area contributed by atoms with Gasteiger partial charge < -0.3 is 15.0 Å². The summed E-state index contributed by atoms with van der Waals surface area (Å²) in [6.45, 7) is 1.87. The zero-order valence-electron chi connectivity index (χ0n) is 15.5. The number of carbonyl (C=O) groups excluding carboxylic acids is 2. The first-order valence-electron chi connectivity index (χ1n) is 9.08. The van der Waals surface area contributed by atoms with Crippen molar-refractivity contribution in [1.82, 2.24) is 25.8 Å². The van der Waals surface area contributed by atoms with Crippen LogP contribution in [0.4, 0.5) is 5.82 Å². The van der Waals surface area contributed by atoms with E-state index in [1.807, 2.05) is 22.0 Å². The van der Waals surface area contributed by atoms with E-state index in [0.717, 1.165) is 36.8 Å². The average Bonchev–Trinajstić information content (AvgIpc) is 3.41. The van der Waals surface area contributed by atoms with Crippen molar-refractivity contribution < 1.29 is 19.2 Å². The van der Waals surface area contributed by atoms with Crippen LogP contribution < -0.4 is 20.4 Å². The Bertz CT molecular complexity index is 820. The van der Waals surface area contributed by atoms with Gasteiger partial charge in [0.25, 0.3) is 5.91 Å². The van der Waals surface area contributed by atoms with Gasteiger partial charge in [-0.25, -0.2) is 4.98 Å². The van der Waals surface area contributed by atoms with Crippen molar-refractivity contribution in [2.45, 2.75) is 19.0 Å². The van der Waals surface area contributed by atoms with Gasteiger partial charge in [-0.2, -0.15) is 5.43 Å². The van der Waals surface area contributed by atoms with E-state index < -0.39 is 0 Å². The van der Waals surface area contributed by atoms with Crippen LogP contribution in [0.2, 0.25) is 0 Å². The number of nitrogens with one attached hydrogen (secondary N) is 2. The molecule has 1 aromatic rings. The van der Waals surface area contributed by atoms with Crippen LogP contribution in [0.15, 0.2) is 36.3 Å². The summed E-state index contributed by atoms with van der Waals surface area (Å²) >= 11 is 0.